The molecule has 1 aromatic carbocycles. The number of benzene rings is 1. The molecule has 5 heteroatoms. The zero-order valence-corrected chi connectivity index (χ0v) is 12.4. The fourth-order valence-electron chi connectivity index (χ4n) is 2.32. The molecule has 3 rings (SSSR count). The van der Waals surface area contributed by atoms with Gasteiger partial charge in [0.05, 0.1) is 11.4 Å². The number of pyridine rings is 1. The van der Waals surface area contributed by atoms with Crippen molar-refractivity contribution in [2.75, 3.05) is 0 Å². The molecule has 22 heavy (non-hydrogen) atoms. The molecular formula is C17H16N4O. The van der Waals surface area contributed by atoms with E-state index in [2.05, 4.69) is 15.5 Å². The molecule has 0 unspecified atom stereocenters. The van der Waals surface area contributed by atoms with Gasteiger partial charge in [-0.15, -0.1) is 0 Å². The summed E-state index contributed by atoms with van der Waals surface area (Å²) in [5.41, 5.74) is 6.25. The van der Waals surface area contributed by atoms with Crippen molar-refractivity contribution in [1.29, 1.82) is 0 Å². The lowest BCUT2D eigenvalue weighted by molar-refractivity contribution is 0.0948. The first-order chi connectivity index (χ1) is 10.7. The topological polar surface area (TPSA) is 58.8 Å². The number of hydrazone groups is 1. The summed E-state index contributed by atoms with van der Waals surface area (Å²) in [7, 11) is 0. The average Bonchev–Trinajstić information content (AvgIpc) is 2.89. The monoisotopic (exact) mass is 292 g/mol. The van der Waals surface area contributed by atoms with Crippen LogP contribution in [0.4, 0.5) is 0 Å². The van der Waals surface area contributed by atoms with E-state index in [4.69, 9.17) is 0 Å². The smallest absolute Gasteiger partial charge is 0.290 e. The van der Waals surface area contributed by atoms with Crippen molar-refractivity contribution in [1.82, 2.24) is 14.8 Å². The van der Waals surface area contributed by atoms with Gasteiger partial charge in [-0.05, 0) is 31.5 Å². The van der Waals surface area contributed by atoms with Crippen LogP contribution in [-0.2, 0) is 0 Å². The Kier molecular flexibility index (Phi) is 3.70. The van der Waals surface area contributed by atoms with E-state index in [-0.39, 0.29) is 5.91 Å². The molecule has 0 aliphatic heterocycles. The van der Waals surface area contributed by atoms with E-state index >= 15 is 0 Å². The van der Waals surface area contributed by atoms with Gasteiger partial charge in [0.2, 0.25) is 0 Å². The maximum absolute atomic E-state index is 12.4. The summed E-state index contributed by atoms with van der Waals surface area (Å²) in [6.07, 6.45) is 1.82. The number of rotatable bonds is 3. The van der Waals surface area contributed by atoms with Crippen LogP contribution in [0.25, 0.3) is 5.65 Å². The molecule has 3 aromatic rings. The third-order valence-electron chi connectivity index (χ3n) is 3.44. The Hall–Kier alpha value is -2.95. The molecule has 110 valence electrons. The van der Waals surface area contributed by atoms with Crippen molar-refractivity contribution < 1.29 is 4.79 Å². The molecule has 0 atom stereocenters. The molecule has 0 bridgehead atoms. The summed E-state index contributed by atoms with van der Waals surface area (Å²) in [5, 5.41) is 4.17. The van der Waals surface area contributed by atoms with Gasteiger partial charge in [0, 0.05) is 6.20 Å². The second kappa shape index (κ2) is 5.81. The molecule has 0 fully saturated rings. The minimum atomic E-state index is -0.272. The van der Waals surface area contributed by atoms with Crippen LogP contribution in [0.3, 0.4) is 0 Å². The standard InChI is InChI=1S/C17H16N4O/c1-12(14-8-4-3-5-9-14)19-20-17(22)16-13(2)18-15-10-6-7-11-21(15)16/h3-11H,1-2H3,(H,20,22)/b19-12-. The predicted octanol–water partition coefficient (Wildman–Crippen LogP) is 2.80. The molecule has 0 aliphatic rings. The van der Waals surface area contributed by atoms with E-state index in [0.717, 1.165) is 16.9 Å². The van der Waals surface area contributed by atoms with E-state index in [0.29, 0.717) is 11.4 Å². The predicted molar refractivity (Wildman–Crippen MR) is 86.0 cm³/mol. The van der Waals surface area contributed by atoms with Crippen LogP contribution in [0.5, 0.6) is 0 Å². The van der Waals surface area contributed by atoms with Gasteiger partial charge in [-0.25, -0.2) is 10.4 Å². The summed E-state index contributed by atoms with van der Waals surface area (Å²) in [6, 6.07) is 15.3. The highest BCUT2D eigenvalue weighted by Crippen LogP contribution is 2.11. The van der Waals surface area contributed by atoms with E-state index in [1.807, 2.05) is 68.6 Å². The van der Waals surface area contributed by atoms with E-state index in [9.17, 15) is 4.79 Å². The quantitative estimate of drug-likeness (QED) is 0.596. The molecule has 0 saturated carbocycles. The lowest BCUT2D eigenvalue weighted by Crippen LogP contribution is -2.21. The molecule has 0 radical (unpaired) electrons. The van der Waals surface area contributed by atoms with Gasteiger partial charge in [0.25, 0.3) is 5.91 Å². The Bertz CT molecular complexity index is 849. The average molecular weight is 292 g/mol. The van der Waals surface area contributed by atoms with Gasteiger partial charge in [0.15, 0.2) is 0 Å². The SMILES string of the molecule is C/C(=N/NC(=O)c1c(C)nc2ccccn12)c1ccccc1. The number of aromatic nitrogens is 2. The molecule has 5 nitrogen and oxygen atoms in total. The molecule has 0 aliphatic carbocycles. The number of aryl methyl sites for hydroxylation is 1. The first-order valence-electron chi connectivity index (χ1n) is 7.00. The third kappa shape index (κ3) is 2.61. The van der Waals surface area contributed by atoms with E-state index < -0.39 is 0 Å². The number of nitrogens with one attached hydrogen (secondary N) is 1. The normalized spacial score (nSPS) is 11.6. The summed E-state index contributed by atoms with van der Waals surface area (Å²) in [6.45, 7) is 3.67. The molecule has 2 heterocycles. The molecule has 1 amide bonds. The number of amides is 1. The van der Waals surface area contributed by atoms with Gasteiger partial charge in [-0.3, -0.25) is 9.20 Å². The number of fused-ring (bicyclic) bond motifs is 1. The van der Waals surface area contributed by atoms with Crippen LogP contribution in [0.1, 0.15) is 28.7 Å². The van der Waals surface area contributed by atoms with Gasteiger partial charge in [-0.1, -0.05) is 36.4 Å². The summed E-state index contributed by atoms with van der Waals surface area (Å²) < 4.78 is 1.76. The van der Waals surface area contributed by atoms with Crippen LogP contribution < -0.4 is 5.43 Å². The van der Waals surface area contributed by atoms with Crippen molar-refractivity contribution in [2.24, 2.45) is 5.10 Å². The molecule has 0 spiro atoms. The van der Waals surface area contributed by atoms with Crippen molar-refractivity contribution >= 4 is 17.3 Å². The first kappa shape index (κ1) is 14.0. The number of nitrogens with zero attached hydrogens (tertiary/aromatic N) is 3. The Balaban J connectivity index is 1.87. The minimum absolute atomic E-state index is 0.272. The number of hydrogen-bond acceptors (Lipinski definition) is 3. The zero-order valence-electron chi connectivity index (χ0n) is 12.4. The lowest BCUT2D eigenvalue weighted by Gasteiger charge is -2.04. The molecular weight excluding hydrogens is 276 g/mol. The van der Waals surface area contributed by atoms with Crippen LogP contribution in [0.2, 0.25) is 0 Å². The maximum Gasteiger partial charge on any atom is 0.290 e. The van der Waals surface area contributed by atoms with Crippen LogP contribution in [0.15, 0.2) is 59.8 Å². The number of hydrogen-bond donors (Lipinski definition) is 1. The fourth-order valence-corrected chi connectivity index (χ4v) is 2.32. The molecule has 1 N–H and O–H groups in total. The Morgan fingerprint density at radius 2 is 1.86 bits per heavy atom. The van der Waals surface area contributed by atoms with Crippen molar-refractivity contribution in [3.63, 3.8) is 0 Å². The Morgan fingerprint density at radius 3 is 2.64 bits per heavy atom. The maximum atomic E-state index is 12.4. The van der Waals surface area contributed by atoms with Gasteiger partial charge >= 0.3 is 0 Å². The second-order valence-electron chi connectivity index (χ2n) is 4.98. The minimum Gasteiger partial charge on any atom is -0.295 e. The highest BCUT2D eigenvalue weighted by molar-refractivity contribution is 6.00. The second-order valence-corrected chi connectivity index (χ2v) is 4.98. The van der Waals surface area contributed by atoms with Gasteiger partial charge in [0.1, 0.15) is 11.3 Å². The van der Waals surface area contributed by atoms with E-state index in [1.54, 1.807) is 4.40 Å². The van der Waals surface area contributed by atoms with Gasteiger partial charge < -0.3 is 0 Å². The number of carbonyl (C=O) groups excluding carboxylic acids is 1. The summed E-state index contributed by atoms with van der Waals surface area (Å²) in [5.74, 6) is -0.272. The highest BCUT2D eigenvalue weighted by atomic mass is 16.2. The van der Waals surface area contributed by atoms with E-state index in [1.165, 1.54) is 0 Å². The zero-order chi connectivity index (χ0) is 15.5. The van der Waals surface area contributed by atoms with Crippen LogP contribution in [-0.4, -0.2) is 21.0 Å². The largest absolute Gasteiger partial charge is 0.295 e. The number of imidazole rings is 1. The summed E-state index contributed by atoms with van der Waals surface area (Å²) in [4.78, 5) is 16.8. The molecule has 2 aromatic heterocycles. The van der Waals surface area contributed by atoms with Gasteiger partial charge in [-0.2, -0.15) is 5.10 Å². The lowest BCUT2D eigenvalue weighted by atomic mass is 10.1. The fraction of sp³-hybridized carbons (Fsp3) is 0.118. The highest BCUT2D eigenvalue weighted by Gasteiger charge is 2.15. The van der Waals surface area contributed by atoms with Crippen molar-refractivity contribution in [2.45, 2.75) is 13.8 Å². The van der Waals surface area contributed by atoms with Crippen molar-refractivity contribution in [3.8, 4) is 0 Å². The number of carbonyl (C=O) groups is 1. The Labute approximate surface area is 128 Å². The van der Waals surface area contributed by atoms with Crippen LogP contribution in [0, 0.1) is 6.92 Å². The van der Waals surface area contributed by atoms with Crippen molar-refractivity contribution in [3.05, 3.63) is 71.7 Å². The van der Waals surface area contributed by atoms with Crippen LogP contribution >= 0.6 is 0 Å². The first-order valence-corrected chi connectivity index (χ1v) is 7.00. The summed E-state index contributed by atoms with van der Waals surface area (Å²) >= 11 is 0. The Morgan fingerprint density at radius 1 is 1.14 bits per heavy atom. The molecule has 0 saturated heterocycles. The third-order valence-corrected chi connectivity index (χ3v) is 3.44.